The highest BCUT2D eigenvalue weighted by Gasteiger charge is 2.24. The van der Waals surface area contributed by atoms with Crippen molar-refractivity contribution in [2.45, 2.75) is 18.4 Å². The second-order valence-corrected chi connectivity index (χ2v) is 7.76. The number of piperazine rings is 1. The summed E-state index contributed by atoms with van der Waals surface area (Å²) in [5.41, 5.74) is 8.53. The number of carbonyl (C=O) groups excluding carboxylic acids is 2. The Balaban J connectivity index is 1.60. The number of amides is 2. The summed E-state index contributed by atoms with van der Waals surface area (Å²) in [4.78, 5) is 29.1. The van der Waals surface area contributed by atoms with E-state index in [2.05, 4.69) is 36.1 Å². The Morgan fingerprint density at radius 1 is 1.00 bits per heavy atom. The molecular formula is C21H25N3O2S. The molecule has 1 saturated heterocycles. The zero-order chi connectivity index (χ0) is 19.2. The van der Waals surface area contributed by atoms with Crippen LogP contribution in [0.3, 0.4) is 0 Å². The summed E-state index contributed by atoms with van der Waals surface area (Å²) < 4.78 is 0. The molecular weight excluding hydrogens is 358 g/mol. The maximum atomic E-state index is 13.0. The summed E-state index contributed by atoms with van der Waals surface area (Å²) in [7, 11) is 0. The van der Waals surface area contributed by atoms with Crippen molar-refractivity contribution >= 4 is 23.6 Å². The van der Waals surface area contributed by atoms with Crippen molar-refractivity contribution in [1.29, 1.82) is 0 Å². The van der Waals surface area contributed by atoms with Crippen LogP contribution in [0.1, 0.15) is 21.5 Å². The Bertz CT molecular complexity index is 817. The van der Waals surface area contributed by atoms with Gasteiger partial charge in [0.25, 0.3) is 5.91 Å². The molecule has 0 unspecified atom stereocenters. The van der Waals surface area contributed by atoms with Gasteiger partial charge in [0, 0.05) is 37.6 Å². The van der Waals surface area contributed by atoms with E-state index in [-0.39, 0.29) is 17.6 Å². The fourth-order valence-corrected chi connectivity index (χ4v) is 4.01. The van der Waals surface area contributed by atoms with Crippen molar-refractivity contribution in [3.8, 4) is 0 Å². The quantitative estimate of drug-likeness (QED) is 0.779. The average molecular weight is 384 g/mol. The number of carbonyl (C=O) groups is 2. The Kier molecular flexibility index (Phi) is 6.53. The lowest BCUT2D eigenvalue weighted by molar-refractivity contribution is -0.115. The van der Waals surface area contributed by atoms with Crippen molar-refractivity contribution in [2.75, 3.05) is 31.9 Å². The van der Waals surface area contributed by atoms with E-state index in [1.807, 2.05) is 29.2 Å². The summed E-state index contributed by atoms with van der Waals surface area (Å²) in [6, 6.07) is 15.9. The number of thioether (sulfide) groups is 1. The number of hydrogen-bond acceptors (Lipinski definition) is 4. The molecule has 0 spiro atoms. The minimum absolute atomic E-state index is 0.0260. The molecule has 27 heavy (non-hydrogen) atoms. The first-order chi connectivity index (χ1) is 13.0. The number of nitrogens with two attached hydrogens (primary N) is 1. The van der Waals surface area contributed by atoms with E-state index in [4.69, 9.17) is 5.73 Å². The van der Waals surface area contributed by atoms with E-state index >= 15 is 0 Å². The maximum Gasteiger partial charge on any atom is 0.255 e. The molecule has 0 aliphatic carbocycles. The van der Waals surface area contributed by atoms with Crippen LogP contribution in [0.4, 0.5) is 0 Å². The number of aryl methyl sites for hydroxylation is 1. The number of primary amides is 1. The highest BCUT2D eigenvalue weighted by Crippen LogP contribution is 2.24. The molecule has 2 aromatic rings. The lowest BCUT2D eigenvalue weighted by Gasteiger charge is -2.35. The van der Waals surface area contributed by atoms with Gasteiger partial charge in [-0.15, -0.1) is 11.8 Å². The minimum Gasteiger partial charge on any atom is -0.369 e. The largest absolute Gasteiger partial charge is 0.369 e. The van der Waals surface area contributed by atoms with E-state index in [9.17, 15) is 9.59 Å². The maximum absolute atomic E-state index is 13.0. The van der Waals surface area contributed by atoms with Gasteiger partial charge in [-0.2, -0.15) is 0 Å². The molecule has 2 N–H and O–H groups in total. The standard InChI is InChI=1S/C21H25N3O2S/c1-16-6-2-3-7-17(16)14-23-10-12-24(13-11-23)21(26)18-8-4-5-9-19(18)27-15-20(22)25/h2-9H,10-15H2,1H3,(H2,22,25). The number of hydrogen-bond donors (Lipinski definition) is 1. The second-order valence-electron chi connectivity index (χ2n) is 6.75. The van der Waals surface area contributed by atoms with Gasteiger partial charge in [0.2, 0.25) is 5.91 Å². The topological polar surface area (TPSA) is 66.6 Å². The van der Waals surface area contributed by atoms with Gasteiger partial charge in [-0.25, -0.2) is 0 Å². The molecule has 0 bridgehead atoms. The first-order valence-corrected chi connectivity index (χ1v) is 10.1. The Hall–Kier alpha value is -2.31. The van der Waals surface area contributed by atoms with Crippen LogP contribution in [-0.2, 0) is 11.3 Å². The van der Waals surface area contributed by atoms with Gasteiger partial charge in [-0.3, -0.25) is 14.5 Å². The van der Waals surface area contributed by atoms with Gasteiger partial charge in [-0.1, -0.05) is 36.4 Å². The summed E-state index contributed by atoms with van der Waals surface area (Å²) in [6.07, 6.45) is 0. The summed E-state index contributed by atoms with van der Waals surface area (Å²) in [5.74, 6) is -0.181. The Morgan fingerprint density at radius 3 is 2.37 bits per heavy atom. The van der Waals surface area contributed by atoms with E-state index < -0.39 is 0 Å². The molecule has 1 aliphatic heterocycles. The van der Waals surface area contributed by atoms with Gasteiger partial charge < -0.3 is 10.6 Å². The smallest absolute Gasteiger partial charge is 0.255 e. The van der Waals surface area contributed by atoms with Gasteiger partial charge in [0.15, 0.2) is 0 Å². The molecule has 0 saturated carbocycles. The zero-order valence-corrected chi connectivity index (χ0v) is 16.4. The number of nitrogens with zero attached hydrogens (tertiary/aromatic N) is 2. The molecule has 0 aromatic heterocycles. The third kappa shape index (κ3) is 5.11. The van der Waals surface area contributed by atoms with E-state index in [1.165, 1.54) is 22.9 Å². The van der Waals surface area contributed by atoms with Crippen molar-refractivity contribution in [3.63, 3.8) is 0 Å². The molecule has 1 heterocycles. The Morgan fingerprint density at radius 2 is 1.67 bits per heavy atom. The first-order valence-electron chi connectivity index (χ1n) is 9.11. The van der Waals surface area contributed by atoms with Crippen LogP contribution < -0.4 is 5.73 Å². The van der Waals surface area contributed by atoms with Gasteiger partial charge in [0.05, 0.1) is 11.3 Å². The van der Waals surface area contributed by atoms with Crippen LogP contribution in [0.5, 0.6) is 0 Å². The summed E-state index contributed by atoms with van der Waals surface area (Å²) >= 11 is 1.32. The van der Waals surface area contributed by atoms with Gasteiger partial charge in [-0.05, 0) is 30.2 Å². The average Bonchev–Trinajstić information content (AvgIpc) is 2.68. The number of rotatable bonds is 6. The van der Waals surface area contributed by atoms with E-state index in [0.29, 0.717) is 18.7 Å². The molecule has 142 valence electrons. The third-order valence-electron chi connectivity index (χ3n) is 4.80. The van der Waals surface area contributed by atoms with Crippen molar-refractivity contribution in [3.05, 3.63) is 65.2 Å². The molecule has 1 fully saturated rings. The minimum atomic E-state index is -0.382. The normalized spacial score (nSPS) is 14.9. The first kappa shape index (κ1) is 19.5. The van der Waals surface area contributed by atoms with Crippen LogP contribution >= 0.6 is 11.8 Å². The number of benzene rings is 2. The van der Waals surface area contributed by atoms with Gasteiger partial charge >= 0.3 is 0 Å². The zero-order valence-electron chi connectivity index (χ0n) is 15.6. The molecule has 1 aliphatic rings. The van der Waals surface area contributed by atoms with Gasteiger partial charge in [0.1, 0.15) is 0 Å². The van der Waals surface area contributed by atoms with Crippen LogP contribution in [0.2, 0.25) is 0 Å². The van der Waals surface area contributed by atoms with Crippen LogP contribution in [0.25, 0.3) is 0 Å². The highest BCUT2D eigenvalue weighted by atomic mass is 32.2. The second kappa shape index (κ2) is 9.06. The van der Waals surface area contributed by atoms with E-state index in [1.54, 1.807) is 0 Å². The monoisotopic (exact) mass is 383 g/mol. The van der Waals surface area contributed by atoms with Crippen LogP contribution in [-0.4, -0.2) is 53.5 Å². The molecule has 2 aromatic carbocycles. The SMILES string of the molecule is Cc1ccccc1CN1CCN(C(=O)c2ccccc2SCC(N)=O)CC1. The predicted octanol–water partition coefficient (Wildman–Crippen LogP) is 2.53. The lowest BCUT2D eigenvalue weighted by atomic mass is 10.1. The molecule has 3 rings (SSSR count). The lowest BCUT2D eigenvalue weighted by Crippen LogP contribution is -2.48. The fraction of sp³-hybridized carbons (Fsp3) is 0.333. The third-order valence-corrected chi connectivity index (χ3v) is 5.90. The summed E-state index contributed by atoms with van der Waals surface area (Å²) in [6.45, 7) is 6.18. The highest BCUT2D eigenvalue weighted by molar-refractivity contribution is 8.00. The molecule has 0 radical (unpaired) electrons. The summed E-state index contributed by atoms with van der Waals surface area (Å²) in [5, 5.41) is 0. The van der Waals surface area contributed by atoms with Crippen molar-refractivity contribution in [2.24, 2.45) is 5.73 Å². The predicted molar refractivity (Wildman–Crippen MR) is 109 cm³/mol. The molecule has 2 amide bonds. The van der Waals surface area contributed by atoms with Crippen LogP contribution in [0, 0.1) is 6.92 Å². The molecule has 5 nitrogen and oxygen atoms in total. The molecule has 0 atom stereocenters. The fourth-order valence-electron chi connectivity index (χ4n) is 3.23. The Labute approximate surface area is 164 Å². The van der Waals surface area contributed by atoms with Crippen molar-refractivity contribution in [1.82, 2.24) is 9.80 Å². The molecule has 6 heteroatoms. The van der Waals surface area contributed by atoms with Crippen molar-refractivity contribution < 1.29 is 9.59 Å². The van der Waals surface area contributed by atoms with E-state index in [0.717, 1.165) is 24.5 Å². The van der Waals surface area contributed by atoms with Crippen LogP contribution in [0.15, 0.2) is 53.4 Å².